The summed E-state index contributed by atoms with van der Waals surface area (Å²) < 4.78 is 0. The first kappa shape index (κ1) is 12.6. The Morgan fingerprint density at radius 1 is 1.29 bits per heavy atom. The van der Waals surface area contributed by atoms with E-state index in [1.54, 1.807) is 0 Å². The van der Waals surface area contributed by atoms with Gasteiger partial charge in [0, 0.05) is 18.6 Å². The molecule has 1 aliphatic heterocycles. The van der Waals surface area contributed by atoms with Crippen LogP contribution in [0.5, 0.6) is 0 Å². The Balaban J connectivity index is 2.15. The summed E-state index contributed by atoms with van der Waals surface area (Å²) in [6, 6.07) is 9.17. The molecule has 0 saturated carbocycles. The molecule has 2 N–H and O–H groups in total. The Morgan fingerprint density at radius 2 is 2.00 bits per heavy atom. The number of benzene rings is 1. The topological polar surface area (TPSA) is 32.3 Å². The lowest BCUT2D eigenvalue weighted by Crippen LogP contribution is -2.35. The predicted octanol–water partition coefficient (Wildman–Crippen LogP) is 2.84. The predicted molar refractivity (Wildman–Crippen MR) is 71.1 cm³/mol. The minimum absolute atomic E-state index is 0.281. The van der Waals surface area contributed by atoms with Crippen molar-refractivity contribution in [3.05, 3.63) is 35.4 Å². The number of aliphatic hydroxyl groups excluding tert-OH is 1. The van der Waals surface area contributed by atoms with E-state index in [0.717, 1.165) is 13.0 Å². The Kier molecular flexibility index (Phi) is 4.19. The average molecular weight is 233 g/mol. The molecule has 1 aromatic rings. The highest BCUT2D eigenvalue weighted by atomic mass is 16.3. The van der Waals surface area contributed by atoms with E-state index in [-0.39, 0.29) is 6.61 Å². The third kappa shape index (κ3) is 2.88. The first-order valence-electron chi connectivity index (χ1n) is 6.66. The molecule has 0 aliphatic carbocycles. The molecular formula is C15H23NO. The number of aliphatic hydroxyl groups is 1. The summed E-state index contributed by atoms with van der Waals surface area (Å²) in [5.74, 6) is 0.950. The summed E-state index contributed by atoms with van der Waals surface area (Å²) in [5, 5.41) is 13.0. The van der Waals surface area contributed by atoms with Crippen LogP contribution in [0.3, 0.4) is 0 Å². The van der Waals surface area contributed by atoms with Crippen molar-refractivity contribution in [3.63, 3.8) is 0 Å². The quantitative estimate of drug-likeness (QED) is 0.841. The molecule has 0 bridgehead atoms. The first-order chi connectivity index (χ1) is 8.22. The highest BCUT2D eigenvalue weighted by Crippen LogP contribution is 2.29. The van der Waals surface area contributed by atoms with Crippen LogP contribution in [0.15, 0.2) is 24.3 Å². The smallest absolute Gasteiger partial charge is 0.0477 e. The number of rotatable bonds is 3. The fourth-order valence-corrected chi connectivity index (χ4v) is 2.63. The van der Waals surface area contributed by atoms with Crippen molar-refractivity contribution >= 4 is 0 Å². The van der Waals surface area contributed by atoms with Crippen molar-refractivity contribution in [2.75, 3.05) is 13.2 Å². The Bertz CT molecular complexity index is 344. The first-order valence-corrected chi connectivity index (χ1v) is 6.66. The highest BCUT2D eigenvalue weighted by Gasteiger charge is 2.25. The zero-order valence-electron chi connectivity index (χ0n) is 10.8. The Morgan fingerprint density at radius 3 is 2.59 bits per heavy atom. The van der Waals surface area contributed by atoms with Crippen molar-refractivity contribution in [2.45, 2.75) is 38.6 Å². The normalized spacial score (nSPS) is 25.2. The molecular weight excluding hydrogens is 210 g/mol. The van der Waals surface area contributed by atoms with Gasteiger partial charge in [-0.15, -0.1) is 0 Å². The molecule has 2 heteroatoms. The van der Waals surface area contributed by atoms with E-state index >= 15 is 0 Å². The molecule has 0 amide bonds. The van der Waals surface area contributed by atoms with Gasteiger partial charge in [0.1, 0.15) is 0 Å². The standard InChI is InChI=1S/C15H23NO/c1-11(2)12-5-7-13(8-6-12)15-14(10-17)4-3-9-16-15/h5-8,11,14-17H,3-4,9-10H2,1-2H3. The van der Waals surface area contributed by atoms with Crippen LogP contribution in [0.25, 0.3) is 0 Å². The van der Waals surface area contributed by atoms with Crippen LogP contribution in [-0.4, -0.2) is 18.3 Å². The Hall–Kier alpha value is -0.860. The summed E-state index contributed by atoms with van der Waals surface area (Å²) in [7, 11) is 0. The molecule has 1 heterocycles. The van der Waals surface area contributed by atoms with Gasteiger partial charge >= 0.3 is 0 Å². The summed E-state index contributed by atoms with van der Waals surface area (Å²) in [5.41, 5.74) is 2.69. The van der Waals surface area contributed by atoms with Gasteiger partial charge in [-0.1, -0.05) is 38.1 Å². The van der Waals surface area contributed by atoms with Crippen LogP contribution >= 0.6 is 0 Å². The fourth-order valence-electron chi connectivity index (χ4n) is 2.63. The van der Waals surface area contributed by atoms with E-state index in [9.17, 15) is 5.11 Å². The van der Waals surface area contributed by atoms with Crippen LogP contribution in [-0.2, 0) is 0 Å². The number of hydrogen-bond donors (Lipinski definition) is 2. The molecule has 17 heavy (non-hydrogen) atoms. The molecule has 94 valence electrons. The molecule has 1 fully saturated rings. The van der Waals surface area contributed by atoms with Gasteiger partial charge in [0.25, 0.3) is 0 Å². The average Bonchev–Trinajstić information content (AvgIpc) is 2.39. The maximum absolute atomic E-state index is 9.43. The third-order valence-electron chi connectivity index (χ3n) is 3.78. The van der Waals surface area contributed by atoms with Gasteiger partial charge < -0.3 is 10.4 Å². The summed E-state index contributed by atoms with van der Waals surface area (Å²) in [6.45, 7) is 5.77. The van der Waals surface area contributed by atoms with Crippen LogP contribution in [0.2, 0.25) is 0 Å². The molecule has 2 unspecified atom stereocenters. The van der Waals surface area contributed by atoms with Gasteiger partial charge in [-0.2, -0.15) is 0 Å². The van der Waals surface area contributed by atoms with Gasteiger partial charge in [-0.25, -0.2) is 0 Å². The Labute approximate surface area is 104 Å². The van der Waals surface area contributed by atoms with Crippen LogP contribution in [0, 0.1) is 5.92 Å². The maximum Gasteiger partial charge on any atom is 0.0477 e. The maximum atomic E-state index is 9.43. The molecule has 1 aromatic carbocycles. The van der Waals surface area contributed by atoms with E-state index in [1.807, 2.05) is 0 Å². The minimum Gasteiger partial charge on any atom is -0.396 e. The molecule has 1 aliphatic rings. The van der Waals surface area contributed by atoms with Gasteiger partial charge in [0.2, 0.25) is 0 Å². The van der Waals surface area contributed by atoms with Gasteiger partial charge in [-0.3, -0.25) is 0 Å². The summed E-state index contributed by atoms with van der Waals surface area (Å²) in [6.07, 6.45) is 2.30. The summed E-state index contributed by atoms with van der Waals surface area (Å²) >= 11 is 0. The fraction of sp³-hybridized carbons (Fsp3) is 0.600. The zero-order valence-corrected chi connectivity index (χ0v) is 10.8. The SMILES string of the molecule is CC(C)c1ccc(C2NCCCC2CO)cc1. The second-order valence-electron chi connectivity index (χ2n) is 5.34. The molecule has 2 nitrogen and oxygen atoms in total. The van der Waals surface area contributed by atoms with Crippen LogP contribution in [0.4, 0.5) is 0 Å². The highest BCUT2D eigenvalue weighted by molar-refractivity contribution is 5.27. The lowest BCUT2D eigenvalue weighted by Gasteiger charge is -2.32. The second-order valence-corrected chi connectivity index (χ2v) is 5.34. The third-order valence-corrected chi connectivity index (χ3v) is 3.78. The van der Waals surface area contributed by atoms with Crippen molar-refractivity contribution in [1.29, 1.82) is 0 Å². The van der Waals surface area contributed by atoms with E-state index in [1.165, 1.54) is 17.5 Å². The molecule has 2 atom stereocenters. The number of nitrogens with one attached hydrogen (secondary N) is 1. The molecule has 2 rings (SSSR count). The van der Waals surface area contributed by atoms with Gasteiger partial charge in [-0.05, 0) is 36.4 Å². The molecule has 0 radical (unpaired) electrons. The van der Waals surface area contributed by atoms with Gasteiger partial charge in [0.15, 0.2) is 0 Å². The second kappa shape index (κ2) is 5.65. The minimum atomic E-state index is 0.281. The van der Waals surface area contributed by atoms with E-state index in [4.69, 9.17) is 0 Å². The lowest BCUT2D eigenvalue weighted by molar-refractivity contribution is 0.160. The van der Waals surface area contributed by atoms with Crippen molar-refractivity contribution < 1.29 is 5.11 Å². The molecule has 1 saturated heterocycles. The molecule has 0 spiro atoms. The lowest BCUT2D eigenvalue weighted by atomic mass is 9.86. The van der Waals surface area contributed by atoms with Crippen LogP contribution < -0.4 is 5.32 Å². The van der Waals surface area contributed by atoms with Crippen molar-refractivity contribution in [3.8, 4) is 0 Å². The van der Waals surface area contributed by atoms with Crippen molar-refractivity contribution in [2.24, 2.45) is 5.92 Å². The number of hydrogen-bond acceptors (Lipinski definition) is 2. The van der Waals surface area contributed by atoms with Crippen molar-refractivity contribution in [1.82, 2.24) is 5.32 Å². The monoisotopic (exact) mass is 233 g/mol. The zero-order chi connectivity index (χ0) is 12.3. The molecule has 0 aromatic heterocycles. The number of piperidine rings is 1. The van der Waals surface area contributed by atoms with Crippen LogP contribution in [0.1, 0.15) is 49.8 Å². The van der Waals surface area contributed by atoms with Gasteiger partial charge in [0.05, 0.1) is 0 Å². The summed E-state index contributed by atoms with van der Waals surface area (Å²) in [4.78, 5) is 0. The van der Waals surface area contributed by atoms with E-state index in [0.29, 0.717) is 17.9 Å². The van der Waals surface area contributed by atoms with E-state index in [2.05, 4.69) is 43.4 Å². The largest absolute Gasteiger partial charge is 0.396 e. The van der Waals surface area contributed by atoms with E-state index < -0.39 is 0 Å².